The Hall–Kier alpha value is -3.78. The number of nitrogens with one attached hydrogen (secondary N) is 2. The molecule has 2 heterocycles. The zero-order chi connectivity index (χ0) is 22.8. The van der Waals surface area contributed by atoms with E-state index >= 15 is 0 Å². The van der Waals surface area contributed by atoms with E-state index in [-0.39, 0.29) is 11.8 Å². The minimum atomic E-state index is -0.232. The average Bonchev–Trinajstić information content (AvgIpc) is 3.31. The zero-order valence-corrected chi connectivity index (χ0v) is 19.1. The highest BCUT2D eigenvalue weighted by atomic mass is 32.1. The number of anilines is 2. The molecule has 2 amide bonds. The molecule has 0 unspecified atom stereocenters. The molecule has 0 aliphatic carbocycles. The van der Waals surface area contributed by atoms with E-state index in [9.17, 15) is 9.59 Å². The molecule has 2 N–H and O–H groups in total. The van der Waals surface area contributed by atoms with Gasteiger partial charge in [-0.05, 0) is 50.6 Å². The molecule has 32 heavy (non-hydrogen) atoms. The Morgan fingerprint density at radius 2 is 1.62 bits per heavy atom. The molecular formula is C24H23N5O2S. The number of rotatable bonds is 5. The quantitative estimate of drug-likeness (QED) is 0.446. The van der Waals surface area contributed by atoms with Crippen LogP contribution < -0.4 is 10.6 Å². The van der Waals surface area contributed by atoms with Crippen molar-refractivity contribution in [3.05, 3.63) is 76.4 Å². The molecule has 2 aromatic heterocycles. The lowest BCUT2D eigenvalue weighted by molar-refractivity contribution is -0.114. The minimum Gasteiger partial charge on any atom is -0.310 e. The van der Waals surface area contributed by atoms with Crippen molar-refractivity contribution in [2.75, 3.05) is 10.6 Å². The second-order valence-electron chi connectivity index (χ2n) is 7.56. The number of hydrogen-bond donors (Lipinski definition) is 2. The maximum Gasteiger partial charge on any atom is 0.257 e. The van der Waals surface area contributed by atoms with Gasteiger partial charge in [0.15, 0.2) is 5.13 Å². The van der Waals surface area contributed by atoms with Gasteiger partial charge in [0, 0.05) is 23.4 Å². The Bertz CT molecular complexity index is 1290. The van der Waals surface area contributed by atoms with Crippen molar-refractivity contribution in [3.8, 4) is 16.8 Å². The van der Waals surface area contributed by atoms with Gasteiger partial charge in [-0.25, -0.2) is 9.67 Å². The van der Waals surface area contributed by atoms with Gasteiger partial charge in [-0.2, -0.15) is 5.10 Å². The van der Waals surface area contributed by atoms with Crippen LogP contribution in [0, 0.1) is 20.8 Å². The lowest BCUT2D eigenvalue weighted by Crippen LogP contribution is -2.13. The fraction of sp³-hybridized carbons (Fsp3) is 0.167. The summed E-state index contributed by atoms with van der Waals surface area (Å²) in [4.78, 5) is 28.7. The van der Waals surface area contributed by atoms with E-state index in [0.29, 0.717) is 16.5 Å². The Morgan fingerprint density at radius 3 is 2.22 bits per heavy atom. The Kier molecular flexibility index (Phi) is 5.87. The zero-order valence-electron chi connectivity index (χ0n) is 18.3. The molecule has 4 aromatic rings. The fourth-order valence-corrected chi connectivity index (χ4v) is 4.08. The lowest BCUT2D eigenvalue weighted by Gasteiger charge is -2.11. The van der Waals surface area contributed by atoms with E-state index in [1.54, 1.807) is 28.9 Å². The van der Waals surface area contributed by atoms with Gasteiger partial charge in [-0.3, -0.25) is 14.9 Å². The van der Waals surface area contributed by atoms with E-state index in [1.807, 2.05) is 50.4 Å². The SMILES string of the molecule is CC(=O)Nc1c(-c2ccc(C)cc2)c(C)nn1-c1ccc(C(=O)Nc2nc(C)cs2)cc1. The van der Waals surface area contributed by atoms with Gasteiger partial charge in [0.2, 0.25) is 5.91 Å². The predicted molar refractivity (Wildman–Crippen MR) is 128 cm³/mol. The first-order valence-corrected chi connectivity index (χ1v) is 11.0. The molecule has 0 atom stereocenters. The molecule has 0 aliphatic heterocycles. The van der Waals surface area contributed by atoms with E-state index in [2.05, 4.69) is 20.7 Å². The summed E-state index contributed by atoms with van der Waals surface area (Å²) < 4.78 is 1.69. The number of amides is 2. The molecule has 0 fully saturated rings. The molecule has 0 saturated carbocycles. The van der Waals surface area contributed by atoms with Crippen LogP contribution in [-0.2, 0) is 4.79 Å². The fourth-order valence-electron chi connectivity index (χ4n) is 3.40. The summed E-state index contributed by atoms with van der Waals surface area (Å²) in [6, 6.07) is 15.2. The summed E-state index contributed by atoms with van der Waals surface area (Å²) in [5.74, 6) is 0.175. The number of nitrogens with zero attached hydrogens (tertiary/aromatic N) is 3. The Balaban J connectivity index is 1.68. The molecule has 0 bridgehead atoms. The molecule has 162 valence electrons. The van der Waals surface area contributed by atoms with Gasteiger partial charge < -0.3 is 5.32 Å². The number of carbonyl (C=O) groups excluding carboxylic acids is 2. The largest absolute Gasteiger partial charge is 0.310 e. The lowest BCUT2D eigenvalue weighted by atomic mass is 10.0. The second kappa shape index (κ2) is 8.76. The third kappa shape index (κ3) is 4.45. The van der Waals surface area contributed by atoms with Crippen LogP contribution in [0.5, 0.6) is 0 Å². The molecule has 2 aromatic carbocycles. The number of benzene rings is 2. The van der Waals surface area contributed by atoms with Crippen LogP contribution in [0.4, 0.5) is 10.9 Å². The van der Waals surface area contributed by atoms with Crippen LogP contribution in [0.15, 0.2) is 53.9 Å². The molecule has 8 heteroatoms. The topological polar surface area (TPSA) is 88.9 Å². The van der Waals surface area contributed by atoms with Crippen molar-refractivity contribution in [1.29, 1.82) is 0 Å². The van der Waals surface area contributed by atoms with Crippen molar-refractivity contribution >= 4 is 34.1 Å². The van der Waals surface area contributed by atoms with Crippen molar-refractivity contribution in [2.24, 2.45) is 0 Å². The molecule has 0 saturated heterocycles. The number of thiazole rings is 1. The summed E-state index contributed by atoms with van der Waals surface area (Å²) in [7, 11) is 0. The highest BCUT2D eigenvalue weighted by Gasteiger charge is 2.19. The Morgan fingerprint density at radius 1 is 0.938 bits per heavy atom. The minimum absolute atomic E-state index is 0.186. The first-order valence-electron chi connectivity index (χ1n) is 10.1. The third-order valence-corrected chi connectivity index (χ3v) is 5.78. The van der Waals surface area contributed by atoms with Crippen molar-refractivity contribution in [2.45, 2.75) is 27.7 Å². The van der Waals surface area contributed by atoms with Gasteiger partial charge in [0.05, 0.1) is 17.1 Å². The second-order valence-corrected chi connectivity index (χ2v) is 8.42. The van der Waals surface area contributed by atoms with Gasteiger partial charge in [-0.1, -0.05) is 29.8 Å². The van der Waals surface area contributed by atoms with E-state index in [1.165, 1.54) is 18.3 Å². The van der Waals surface area contributed by atoms with E-state index in [4.69, 9.17) is 0 Å². The summed E-state index contributed by atoms with van der Waals surface area (Å²) in [6.45, 7) is 7.29. The smallest absolute Gasteiger partial charge is 0.257 e. The molecular weight excluding hydrogens is 422 g/mol. The maximum absolute atomic E-state index is 12.5. The molecule has 4 rings (SSSR count). The first kappa shape index (κ1) is 21.5. The van der Waals surface area contributed by atoms with Crippen molar-refractivity contribution in [3.63, 3.8) is 0 Å². The van der Waals surface area contributed by atoms with Crippen molar-refractivity contribution < 1.29 is 9.59 Å². The summed E-state index contributed by atoms with van der Waals surface area (Å²) in [5.41, 5.74) is 5.88. The van der Waals surface area contributed by atoms with Crippen LogP contribution in [0.1, 0.15) is 34.2 Å². The van der Waals surface area contributed by atoms with Crippen LogP contribution in [0.25, 0.3) is 16.8 Å². The first-order chi connectivity index (χ1) is 15.3. The van der Waals surface area contributed by atoms with Crippen LogP contribution >= 0.6 is 11.3 Å². The van der Waals surface area contributed by atoms with E-state index in [0.717, 1.165) is 33.8 Å². The molecule has 0 spiro atoms. The maximum atomic E-state index is 12.5. The number of aromatic nitrogens is 3. The summed E-state index contributed by atoms with van der Waals surface area (Å²) in [6.07, 6.45) is 0. The molecule has 7 nitrogen and oxygen atoms in total. The molecule has 0 radical (unpaired) electrons. The number of hydrogen-bond acceptors (Lipinski definition) is 5. The van der Waals surface area contributed by atoms with Gasteiger partial charge in [0.25, 0.3) is 5.91 Å². The van der Waals surface area contributed by atoms with Crippen LogP contribution in [-0.4, -0.2) is 26.6 Å². The standard InChI is InChI=1S/C24H23N5O2S/c1-14-5-7-18(8-6-14)21-16(3)28-29(22(21)26-17(4)30)20-11-9-19(10-12-20)23(31)27-24-25-15(2)13-32-24/h5-13H,1-4H3,(H,26,30)(H,25,27,31). The van der Waals surface area contributed by atoms with Gasteiger partial charge in [0.1, 0.15) is 5.82 Å². The monoisotopic (exact) mass is 445 g/mol. The predicted octanol–water partition coefficient (Wildman–Crippen LogP) is 5.13. The van der Waals surface area contributed by atoms with E-state index < -0.39 is 0 Å². The number of aryl methyl sites for hydroxylation is 3. The third-order valence-electron chi connectivity index (χ3n) is 4.91. The van der Waals surface area contributed by atoms with Crippen LogP contribution in [0.2, 0.25) is 0 Å². The highest BCUT2D eigenvalue weighted by molar-refractivity contribution is 7.13. The highest BCUT2D eigenvalue weighted by Crippen LogP contribution is 2.33. The summed E-state index contributed by atoms with van der Waals surface area (Å²) >= 11 is 1.39. The average molecular weight is 446 g/mol. The normalized spacial score (nSPS) is 10.8. The van der Waals surface area contributed by atoms with Crippen LogP contribution in [0.3, 0.4) is 0 Å². The van der Waals surface area contributed by atoms with Gasteiger partial charge >= 0.3 is 0 Å². The molecule has 0 aliphatic rings. The van der Waals surface area contributed by atoms with Crippen molar-refractivity contribution in [1.82, 2.24) is 14.8 Å². The summed E-state index contributed by atoms with van der Waals surface area (Å²) in [5, 5.41) is 12.8. The van der Waals surface area contributed by atoms with Gasteiger partial charge in [-0.15, -0.1) is 11.3 Å². The number of carbonyl (C=O) groups is 2. The Labute approximate surface area is 190 Å².